The van der Waals surface area contributed by atoms with Gasteiger partial charge in [-0.05, 0) is 38.2 Å². The van der Waals surface area contributed by atoms with Crippen LogP contribution in [-0.4, -0.2) is 37.9 Å². The lowest BCUT2D eigenvalue weighted by Gasteiger charge is -2.38. The van der Waals surface area contributed by atoms with Crippen LogP contribution in [0.2, 0.25) is 0 Å². The summed E-state index contributed by atoms with van der Waals surface area (Å²) in [7, 11) is 0. The molecule has 0 aromatic heterocycles. The molecule has 2 heterocycles. The van der Waals surface area contributed by atoms with E-state index in [1.54, 1.807) is 0 Å². The highest BCUT2D eigenvalue weighted by Gasteiger charge is 2.36. The van der Waals surface area contributed by atoms with Gasteiger partial charge >= 0.3 is 0 Å². The maximum atomic E-state index is 12.4. The van der Waals surface area contributed by atoms with Crippen LogP contribution in [0.25, 0.3) is 0 Å². The molecule has 1 aromatic carbocycles. The van der Waals surface area contributed by atoms with Gasteiger partial charge in [0.2, 0.25) is 5.91 Å². The average molecular weight is 317 g/mol. The fourth-order valence-electron chi connectivity index (χ4n) is 3.77. The van der Waals surface area contributed by atoms with Crippen molar-refractivity contribution < 1.29 is 14.3 Å². The minimum atomic E-state index is -0.278. The largest absolute Gasteiger partial charge is 0.381 e. The molecule has 1 amide bonds. The highest BCUT2D eigenvalue weighted by Crippen LogP contribution is 2.34. The first-order valence-electron chi connectivity index (χ1n) is 8.66. The number of ether oxygens (including phenoxy) is 2. The Bertz CT molecular complexity index is 517. The van der Waals surface area contributed by atoms with Gasteiger partial charge in [-0.15, -0.1) is 0 Å². The Balaban J connectivity index is 1.64. The van der Waals surface area contributed by atoms with Crippen LogP contribution >= 0.6 is 0 Å². The summed E-state index contributed by atoms with van der Waals surface area (Å²) >= 11 is 0. The van der Waals surface area contributed by atoms with Crippen molar-refractivity contribution in [1.82, 2.24) is 5.32 Å². The topological polar surface area (TPSA) is 47.6 Å². The van der Waals surface area contributed by atoms with E-state index in [0.29, 0.717) is 13.0 Å². The molecule has 1 N–H and O–H groups in total. The van der Waals surface area contributed by atoms with Gasteiger partial charge in [0.05, 0.1) is 12.0 Å². The maximum Gasteiger partial charge on any atom is 0.222 e. The van der Waals surface area contributed by atoms with Crippen LogP contribution in [0, 0.1) is 0 Å². The van der Waals surface area contributed by atoms with E-state index in [1.165, 1.54) is 5.56 Å². The van der Waals surface area contributed by atoms with Gasteiger partial charge in [-0.2, -0.15) is 0 Å². The minimum absolute atomic E-state index is 0.00733. The van der Waals surface area contributed by atoms with E-state index in [1.807, 2.05) is 13.0 Å². The molecule has 126 valence electrons. The van der Waals surface area contributed by atoms with E-state index in [0.717, 1.165) is 45.5 Å². The fourth-order valence-corrected chi connectivity index (χ4v) is 3.77. The van der Waals surface area contributed by atoms with E-state index in [-0.39, 0.29) is 16.9 Å². The number of hydrogen-bond donors (Lipinski definition) is 1. The Morgan fingerprint density at radius 1 is 1.13 bits per heavy atom. The van der Waals surface area contributed by atoms with Crippen molar-refractivity contribution in [3.05, 3.63) is 35.9 Å². The molecule has 2 saturated heterocycles. The van der Waals surface area contributed by atoms with E-state index in [2.05, 4.69) is 29.6 Å². The van der Waals surface area contributed by atoms with Crippen LogP contribution in [-0.2, 0) is 19.7 Å². The van der Waals surface area contributed by atoms with Crippen molar-refractivity contribution >= 4 is 5.91 Å². The summed E-state index contributed by atoms with van der Waals surface area (Å²) in [5.74, 6) is 0.0937. The number of carbonyl (C=O) groups excluding carboxylic acids is 1. The molecule has 1 atom stereocenters. The molecule has 4 nitrogen and oxygen atoms in total. The minimum Gasteiger partial charge on any atom is -0.381 e. The number of carbonyl (C=O) groups is 1. The van der Waals surface area contributed by atoms with Gasteiger partial charge in [-0.1, -0.05) is 30.3 Å². The molecule has 0 saturated carbocycles. The van der Waals surface area contributed by atoms with E-state index >= 15 is 0 Å². The summed E-state index contributed by atoms with van der Waals surface area (Å²) in [4.78, 5) is 12.4. The van der Waals surface area contributed by atoms with Gasteiger partial charge in [-0.25, -0.2) is 0 Å². The molecule has 3 rings (SSSR count). The van der Waals surface area contributed by atoms with Crippen molar-refractivity contribution in [1.29, 1.82) is 0 Å². The molecule has 2 aliphatic rings. The summed E-state index contributed by atoms with van der Waals surface area (Å²) < 4.78 is 11.3. The van der Waals surface area contributed by atoms with Crippen molar-refractivity contribution in [2.75, 3.05) is 26.4 Å². The second kappa shape index (κ2) is 7.02. The van der Waals surface area contributed by atoms with Crippen molar-refractivity contribution in [2.45, 2.75) is 50.0 Å². The van der Waals surface area contributed by atoms with E-state index in [4.69, 9.17) is 9.47 Å². The van der Waals surface area contributed by atoms with Crippen molar-refractivity contribution in [2.24, 2.45) is 0 Å². The summed E-state index contributed by atoms with van der Waals surface area (Å²) in [6.07, 6.45) is 4.37. The Morgan fingerprint density at radius 2 is 1.87 bits per heavy atom. The van der Waals surface area contributed by atoms with E-state index < -0.39 is 0 Å². The average Bonchev–Trinajstić information content (AvgIpc) is 3.01. The highest BCUT2D eigenvalue weighted by atomic mass is 16.5. The number of benzene rings is 1. The Kier molecular flexibility index (Phi) is 5.02. The smallest absolute Gasteiger partial charge is 0.222 e. The van der Waals surface area contributed by atoms with Gasteiger partial charge in [0, 0.05) is 31.8 Å². The van der Waals surface area contributed by atoms with Crippen LogP contribution < -0.4 is 5.32 Å². The van der Waals surface area contributed by atoms with Gasteiger partial charge in [0.25, 0.3) is 0 Å². The van der Waals surface area contributed by atoms with Gasteiger partial charge in [0.15, 0.2) is 0 Å². The third-order valence-electron chi connectivity index (χ3n) is 5.29. The zero-order chi connectivity index (χ0) is 16.2. The molecule has 2 fully saturated rings. The molecular formula is C19H27NO3. The lowest BCUT2D eigenvalue weighted by atomic mass is 9.74. The molecule has 0 aliphatic carbocycles. The fraction of sp³-hybridized carbons (Fsp3) is 0.632. The molecule has 4 heteroatoms. The number of nitrogens with one attached hydrogen (secondary N) is 1. The zero-order valence-corrected chi connectivity index (χ0v) is 14.0. The molecule has 1 aromatic rings. The zero-order valence-electron chi connectivity index (χ0n) is 14.0. The van der Waals surface area contributed by atoms with Crippen LogP contribution in [0.1, 0.15) is 44.6 Å². The van der Waals surface area contributed by atoms with Gasteiger partial charge in [-0.3, -0.25) is 4.79 Å². The lowest BCUT2D eigenvalue weighted by molar-refractivity contribution is -0.126. The third kappa shape index (κ3) is 3.93. The molecule has 0 spiro atoms. The maximum absolute atomic E-state index is 12.4. The number of amides is 1. The lowest BCUT2D eigenvalue weighted by Crippen LogP contribution is -2.46. The van der Waals surface area contributed by atoms with Crippen LogP contribution in [0.3, 0.4) is 0 Å². The van der Waals surface area contributed by atoms with Gasteiger partial charge in [0.1, 0.15) is 0 Å². The Hall–Kier alpha value is -1.39. The summed E-state index contributed by atoms with van der Waals surface area (Å²) in [6, 6.07) is 10.5. The van der Waals surface area contributed by atoms with Crippen molar-refractivity contribution in [3.8, 4) is 0 Å². The predicted octanol–water partition coefficient (Wildman–Crippen LogP) is 2.81. The summed E-state index contributed by atoms with van der Waals surface area (Å²) in [5, 5.41) is 3.17. The quantitative estimate of drug-likeness (QED) is 0.908. The Morgan fingerprint density at radius 3 is 2.52 bits per heavy atom. The van der Waals surface area contributed by atoms with Crippen molar-refractivity contribution in [3.63, 3.8) is 0 Å². The third-order valence-corrected chi connectivity index (χ3v) is 5.29. The number of hydrogen-bond acceptors (Lipinski definition) is 3. The first-order valence-corrected chi connectivity index (χ1v) is 8.66. The van der Waals surface area contributed by atoms with E-state index in [9.17, 15) is 4.79 Å². The molecule has 0 radical (unpaired) electrons. The second-order valence-corrected chi connectivity index (χ2v) is 7.11. The highest BCUT2D eigenvalue weighted by molar-refractivity contribution is 5.77. The number of rotatable bonds is 5. The first kappa shape index (κ1) is 16.5. The summed E-state index contributed by atoms with van der Waals surface area (Å²) in [5.41, 5.74) is 1.01. The summed E-state index contributed by atoms with van der Waals surface area (Å²) in [6.45, 7) is 5.00. The Labute approximate surface area is 138 Å². The van der Waals surface area contributed by atoms with Gasteiger partial charge < -0.3 is 14.8 Å². The van der Waals surface area contributed by atoms with Crippen LogP contribution in [0.15, 0.2) is 30.3 Å². The predicted molar refractivity (Wildman–Crippen MR) is 89.4 cm³/mol. The molecular weight excluding hydrogens is 290 g/mol. The first-order chi connectivity index (χ1) is 11.1. The second-order valence-electron chi connectivity index (χ2n) is 7.11. The standard InChI is InChI=1S/C19H27NO3/c1-18(8-5-11-23-18)14-17(21)20-15-19(9-12-22-13-10-19)16-6-3-2-4-7-16/h2-4,6-7H,5,8-15H2,1H3,(H,20,21). The van der Waals surface area contributed by atoms with Crippen LogP contribution in [0.5, 0.6) is 0 Å². The van der Waals surface area contributed by atoms with Crippen LogP contribution in [0.4, 0.5) is 0 Å². The molecule has 23 heavy (non-hydrogen) atoms. The SMILES string of the molecule is CC1(CC(=O)NCC2(c3ccccc3)CCOCC2)CCCO1. The normalized spacial score (nSPS) is 26.8. The molecule has 2 aliphatic heterocycles. The molecule has 0 bridgehead atoms. The monoisotopic (exact) mass is 317 g/mol. The molecule has 1 unspecified atom stereocenters.